The van der Waals surface area contributed by atoms with Crippen LogP contribution in [0.2, 0.25) is 0 Å². The molecule has 4 nitrogen and oxygen atoms in total. The van der Waals surface area contributed by atoms with Gasteiger partial charge in [0.2, 0.25) is 0 Å². The quantitative estimate of drug-likeness (QED) is 0.849. The SMILES string of the molecule is COc1cc(CN2CCCC(CCO)C2)c(OC)cc1Br. The van der Waals surface area contributed by atoms with Crippen LogP contribution in [-0.4, -0.2) is 43.9 Å². The monoisotopic (exact) mass is 357 g/mol. The predicted octanol–water partition coefficient (Wildman–Crippen LogP) is 3.06. The number of halogens is 1. The zero-order valence-corrected chi connectivity index (χ0v) is 14.4. The summed E-state index contributed by atoms with van der Waals surface area (Å²) in [6.07, 6.45) is 3.32. The number of likely N-dealkylation sites (tertiary alicyclic amines) is 1. The standard InChI is InChI=1S/C16H24BrNO3/c1-20-15-9-14(17)16(21-2)8-13(15)11-18-6-3-4-12(10-18)5-7-19/h8-9,12,19H,3-7,10-11H2,1-2H3. The normalized spacial score (nSPS) is 19.5. The van der Waals surface area contributed by atoms with Gasteiger partial charge in [0, 0.05) is 25.3 Å². The number of ether oxygens (including phenoxy) is 2. The van der Waals surface area contributed by atoms with Crippen molar-refractivity contribution in [2.75, 3.05) is 33.9 Å². The van der Waals surface area contributed by atoms with E-state index in [1.807, 2.05) is 12.1 Å². The van der Waals surface area contributed by atoms with Gasteiger partial charge in [-0.3, -0.25) is 4.90 Å². The second-order valence-electron chi connectivity index (χ2n) is 5.55. The molecule has 118 valence electrons. The molecule has 2 rings (SSSR count). The van der Waals surface area contributed by atoms with Gasteiger partial charge in [0.25, 0.3) is 0 Å². The van der Waals surface area contributed by atoms with Gasteiger partial charge >= 0.3 is 0 Å². The molecule has 0 bridgehead atoms. The first-order chi connectivity index (χ1) is 10.2. The Balaban J connectivity index is 2.10. The van der Waals surface area contributed by atoms with Crippen molar-refractivity contribution in [1.29, 1.82) is 0 Å². The maximum Gasteiger partial charge on any atom is 0.133 e. The molecule has 1 aliphatic rings. The Morgan fingerprint density at radius 1 is 1.29 bits per heavy atom. The number of rotatable bonds is 6. The molecule has 1 fully saturated rings. The highest BCUT2D eigenvalue weighted by atomic mass is 79.9. The van der Waals surface area contributed by atoms with Gasteiger partial charge in [-0.25, -0.2) is 0 Å². The molecule has 0 aromatic heterocycles. The van der Waals surface area contributed by atoms with Crippen LogP contribution in [0.1, 0.15) is 24.8 Å². The van der Waals surface area contributed by atoms with E-state index in [0.29, 0.717) is 5.92 Å². The summed E-state index contributed by atoms with van der Waals surface area (Å²) < 4.78 is 11.8. The lowest BCUT2D eigenvalue weighted by molar-refractivity contribution is 0.141. The van der Waals surface area contributed by atoms with Crippen molar-refractivity contribution in [3.05, 3.63) is 22.2 Å². The molecule has 1 aromatic carbocycles. The first kappa shape index (κ1) is 16.6. The van der Waals surface area contributed by atoms with Crippen LogP contribution in [-0.2, 0) is 6.54 Å². The van der Waals surface area contributed by atoms with E-state index in [1.165, 1.54) is 12.8 Å². The fourth-order valence-corrected chi connectivity index (χ4v) is 3.49. The number of hydrogen-bond acceptors (Lipinski definition) is 4. The van der Waals surface area contributed by atoms with Gasteiger partial charge in [0.05, 0.1) is 18.7 Å². The summed E-state index contributed by atoms with van der Waals surface area (Å²) in [5.74, 6) is 2.31. The molecule has 5 heteroatoms. The number of methoxy groups -OCH3 is 2. The van der Waals surface area contributed by atoms with Crippen LogP contribution < -0.4 is 9.47 Å². The van der Waals surface area contributed by atoms with Crippen LogP contribution in [0, 0.1) is 5.92 Å². The fourth-order valence-electron chi connectivity index (χ4n) is 3.00. The van der Waals surface area contributed by atoms with E-state index in [9.17, 15) is 0 Å². The number of hydrogen-bond donors (Lipinski definition) is 1. The second-order valence-corrected chi connectivity index (χ2v) is 6.41. The first-order valence-electron chi connectivity index (χ1n) is 7.41. The lowest BCUT2D eigenvalue weighted by Gasteiger charge is -2.32. The van der Waals surface area contributed by atoms with Crippen molar-refractivity contribution in [3.63, 3.8) is 0 Å². The van der Waals surface area contributed by atoms with Crippen molar-refractivity contribution >= 4 is 15.9 Å². The van der Waals surface area contributed by atoms with E-state index in [1.54, 1.807) is 14.2 Å². The summed E-state index contributed by atoms with van der Waals surface area (Å²) in [7, 11) is 3.37. The van der Waals surface area contributed by atoms with Crippen LogP contribution in [0.5, 0.6) is 11.5 Å². The highest BCUT2D eigenvalue weighted by Crippen LogP contribution is 2.34. The molecule has 0 aliphatic carbocycles. The van der Waals surface area contributed by atoms with E-state index in [0.717, 1.165) is 47.6 Å². The molecule has 0 amide bonds. The Labute approximate surface area is 135 Å². The summed E-state index contributed by atoms with van der Waals surface area (Å²) in [5.41, 5.74) is 1.14. The molecule has 1 unspecified atom stereocenters. The van der Waals surface area contributed by atoms with E-state index < -0.39 is 0 Å². The average molecular weight is 358 g/mol. The smallest absolute Gasteiger partial charge is 0.133 e. The van der Waals surface area contributed by atoms with Gasteiger partial charge in [0.15, 0.2) is 0 Å². The minimum atomic E-state index is 0.286. The van der Waals surface area contributed by atoms with Crippen LogP contribution in [0.3, 0.4) is 0 Å². The topological polar surface area (TPSA) is 41.9 Å². The Hall–Kier alpha value is -0.780. The van der Waals surface area contributed by atoms with Crippen molar-refractivity contribution in [3.8, 4) is 11.5 Å². The molecule has 1 saturated heterocycles. The first-order valence-corrected chi connectivity index (χ1v) is 8.20. The number of nitrogens with zero attached hydrogens (tertiary/aromatic N) is 1. The number of piperidine rings is 1. The highest BCUT2D eigenvalue weighted by Gasteiger charge is 2.21. The third kappa shape index (κ3) is 4.34. The van der Waals surface area contributed by atoms with Crippen LogP contribution in [0.4, 0.5) is 0 Å². The van der Waals surface area contributed by atoms with Crippen molar-refractivity contribution < 1.29 is 14.6 Å². The van der Waals surface area contributed by atoms with Gasteiger partial charge in [-0.1, -0.05) is 0 Å². The fraction of sp³-hybridized carbons (Fsp3) is 0.625. The summed E-state index contributed by atoms with van der Waals surface area (Å²) >= 11 is 3.49. The Bertz CT molecular complexity index is 465. The number of benzene rings is 1. The van der Waals surface area contributed by atoms with Crippen molar-refractivity contribution in [2.24, 2.45) is 5.92 Å². The van der Waals surface area contributed by atoms with E-state index in [-0.39, 0.29) is 6.61 Å². The maximum atomic E-state index is 9.12. The summed E-state index contributed by atoms with van der Waals surface area (Å²) in [6.45, 7) is 3.29. The molecule has 1 atom stereocenters. The molecule has 1 aliphatic heterocycles. The van der Waals surface area contributed by atoms with Crippen molar-refractivity contribution in [1.82, 2.24) is 4.90 Å². The third-order valence-electron chi connectivity index (χ3n) is 4.09. The van der Waals surface area contributed by atoms with E-state index in [2.05, 4.69) is 20.8 Å². The molecule has 0 radical (unpaired) electrons. The summed E-state index contributed by atoms with van der Waals surface area (Å²) in [4.78, 5) is 2.44. The third-order valence-corrected chi connectivity index (χ3v) is 4.71. The second kappa shape index (κ2) is 8.01. The number of aliphatic hydroxyl groups is 1. The summed E-state index contributed by atoms with van der Waals surface area (Å²) in [5, 5.41) is 9.12. The van der Waals surface area contributed by atoms with Crippen LogP contribution >= 0.6 is 15.9 Å². The van der Waals surface area contributed by atoms with Crippen molar-refractivity contribution in [2.45, 2.75) is 25.8 Å². The lowest BCUT2D eigenvalue weighted by Crippen LogP contribution is -2.35. The van der Waals surface area contributed by atoms with E-state index in [4.69, 9.17) is 14.6 Å². The van der Waals surface area contributed by atoms with Crippen LogP contribution in [0.15, 0.2) is 16.6 Å². The van der Waals surface area contributed by atoms with Gasteiger partial charge < -0.3 is 14.6 Å². The molecule has 0 saturated carbocycles. The Morgan fingerprint density at radius 2 is 2.05 bits per heavy atom. The average Bonchev–Trinajstić information content (AvgIpc) is 2.49. The lowest BCUT2D eigenvalue weighted by atomic mass is 9.95. The minimum Gasteiger partial charge on any atom is -0.496 e. The summed E-state index contributed by atoms with van der Waals surface area (Å²) in [6, 6.07) is 4.00. The largest absolute Gasteiger partial charge is 0.496 e. The van der Waals surface area contributed by atoms with Gasteiger partial charge in [-0.05, 0) is 59.8 Å². The highest BCUT2D eigenvalue weighted by molar-refractivity contribution is 9.10. The van der Waals surface area contributed by atoms with Gasteiger partial charge in [0.1, 0.15) is 11.5 Å². The molecule has 0 spiro atoms. The van der Waals surface area contributed by atoms with E-state index >= 15 is 0 Å². The molecular weight excluding hydrogens is 334 g/mol. The number of aliphatic hydroxyl groups excluding tert-OH is 1. The molecule has 21 heavy (non-hydrogen) atoms. The minimum absolute atomic E-state index is 0.286. The molecule has 1 N–H and O–H groups in total. The zero-order chi connectivity index (χ0) is 15.2. The Morgan fingerprint density at radius 3 is 2.71 bits per heavy atom. The zero-order valence-electron chi connectivity index (χ0n) is 12.8. The van der Waals surface area contributed by atoms with Gasteiger partial charge in [-0.2, -0.15) is 0 Å². The molecule has 1 aromatic rings. The molecular formula is C16H24BrNO3. The Kier molecular flexibility index (Phi) is 6.33. The molecule has 1 heterocycles. The predicted molar refractivity (Wildman–Crippen MR) is 86.9 cm³/mol. The maximum absolute atomic E-state index is 9.12. The van der Waals surface area contributed by atoms with Crippen LogP contribution in [0.25, 0.3) is 0 Å². The van der Waals surface area contributed by atoms with Gasteiger partial charge in [-0.15, -0.1) is 0 Å².